The SMILES string of the molecule is CC1(C)CN(c2cc(Cl)cn3cncc23)CCN1S(C)(=O)=O.O=C(O)C(F)(F)F. The summed E-state index contributed by atoms with van der Waals surface area (Å²) in [5.74, 6) is -2.76. The molecule has 0 amide bonds. The van der Waals surface area contributed by atoms with Crippen LogP contribution >= 0.6 is 11.6 Å². The van der Waals surface area contributed by atoms with Crippen molar-refractivity contribution in [3.05, 3.63) is 29.8 Å². The van der Waals surface area contributed by atoms with Crippen molar-refractivity contribution in [2.24, 2.45) is 0 Å². The van der Waals surface area contributed by atoms with Crippen molar-refractivity contribution in [3.8, 4) is 0 Å². The van der Waals surface area contributed by atoms with Crippen LogP contribution in [0.25, 0.3) is 5.52 Å². The van der Waals surface area contributed by atoms with E-state index >= 15 is 0 Å². The lowest BCUT2D eigenvalue weighted by Gasteiger charge is -2.46. The van der Waals surface area contributed by atoms with Gasteiger partial charge in [-0.15, -0.1) is 0 Å². The average molecular weight is 457 g/mol. The van der Waals surface area contributed by atoms with Crippen molar-refractivity contribution < 1.29 is 31.5 Å². The molecule has 0 atom stereocenters. The number of rotatable bonds is 2. The van der Waals surface area contributed by atoms with Crippen molar-refractivity contribution in [2.45, 2.75) is 25.6 Å². The van der Waals surface area contributed by atoms with E-state index in [4.69, 9.17) is 21.5 Å². The summed E-state index contributed by atoms with van der Waals surface area (Å²) in [5.41, 5.74) is 1.46. The van der Waals surface area contributed by atoms with E-state index in [0.717, 1.165) is 11.2 Å². The Hall–Kier alpha value is -2.05. The highest BCUT2D eigenvalue weighted by atomic mass is 35.5. The summed E-state index contributed by atoms with van der Waals surface area (Å²) in [7, 11) is -3.22. The molecule has 0 aromatic carbocycles. The second-order valence-corrected chi connectivity index (χ2v) is 9.44. The van der Waals surface area contributed by atoms with Crippen LogP contribution in [0.3, 0.4) is 0 Å². The van der Waals surface area contributed by atoms with E-state index in [9.17, 15) is 21.6 Å². The maximum Gasteiger partial charge on any atom is 0.490 e. The minimum Gasteiger partial charge on any atom is -0.475 e. The molecule has 1 fully saturated rings. The molecule has 0 aliphatic carbocycles. The Kier molecular flexibility index (Phi) is 6.40. The van der Waals surface area contributed by atoms with Gasteiger partial charge in [0.15, 0.2) is 0 Å². The number of carboxylic acids is 1. The molecule has 0 radical (unpaired) electrons. The van der Waals surface area contributed by atoms with Gasteiger partial charge in [-0.25, -0.2) is 18.2 Å². The van der Waals surface area contributed by atoms with Crippen LogP contribution in [0.15, 0.2) is 24.8 Å². The molecule has 29 heavy (non-hydrogen) atoms. The Labute approximate surface area is 170 Å². The second kappa shape index (κ2) is 8.00. The van der Waals surface area contributed by atoms with Crippen molar-refractivity contribution in [1.29, 1.82) is 0 Å². The monoisotopic (exact) mass is 456 g/mol. The van der Waals surface area contributed by atoms with Gasteiger partial charge in [0.25, 0.3) is 0 Å². The molecular weight excluding hydrogens is 437 g/mol. The number of sulfonamides is 1. The predicted octanol–water partition coefficient (Wildman–Crippen LogP) is 2.48. The van der Waals surface area contributed by atoms with Gasteiger partial charge < -0.3 is 14.4 Å². The van der Waals surface area contributed by atoms with Crippen molar-refractivity contribution in [3.63, 3.8) is 0 Å². The largest absolute Gasteiger partial charge is 0.490 e. The molecular formula is C16H20ClF3N4O4S. The number of imidazole rings is 1. The average Bonchev–Trinajstić information content (AvgIpc) is 2.99. The van der Waals surface area contributed by atoms with Crippen LogP contribution in [0.4, 0.5) is 18.9 Å². The van der Waals surface area contributed by atoms with Crippen molar-refractivity contribution >= 4 is 38.8 Å². The lowest BCUT2D eigenvalue weighted by atomic mass is 10.0. The van der Waals surface area contributed by atoms with Crippen LogP contribution in [-0.2, 0) is 14.8 Å². The third kappa shape index (κ3) is 5.52. The van der Waals surface area contributed by atoms with E-state index in [0.29, 0.717) is 24.7 Å². The Morgan fingerprint density at radius 3 is 2.38 bits per heavy atom. The number of aliphatic carboxylic acids is 1. The Balaban J connectivity index is 0.000000370. The van der Waals surface area contributed by atoms with E-state index in [2.05, 4.69) is 9.88 Å². The minimum absolute atomic E-state index is 0.457. The van der Waals surface area contributed by atoms with Gasteiger partial charge in [0.1, 0.15) is 0 Å². The van der Waals surface area contributed by atoms with E-state index in [1.165, 1.54) is 6.26 Å². The zero-order valence-corrected chi connectivity index (χ0v) is 17.4. The van der Waals surface area contributed by atoms with Gasteiger partial charge in [0.2, 0.25) is 10.0 Å². The van der Waals surface area contributed by atoms with E-state index in [1.54, 1.807) is 16.8 Å². The predicted molar refractivity (Wildman–Crippen MR) is 102 cm³/mol. The minimum atomic E-state index is -5.08. The summed E-state index contributed by atoms with van der Waals surface area (Å²) in [6.07, 6.45) is 1.49. The van der Waals surface area contributed by atoms with E-state index < -0.39 is 27.7 Å². The highest BCUT2D eigenvalue weighted by molar-refractivity contribution is 7.88. The van der Waals surface area contributed by atoms with Crippen LogP contribution in [0, 0.1) is 0 Å². The molecule has 1 aliphatic rings. The quantitative estimate of drug-likeness (QED) is 0.746. The second-order valence-electron chi connectivity index (χ2n) is 7.10. The van der Waals surface area contributed by atoms with Gasteiger partial charge in [-0.05, 0) is 19.9 Å². The zero-order chi connectivity index (χ0) is 22.2. The number of aromatic nitrogens is 2. The summed E-state index contributed by atoms with van der Waals surface area (Å²) in [6, 6.07) is 1.91. The zero-order valence-electron chi connectivity index (χ0n) is 15.8. The van der Waals surface area contributed by atoms with E-state index in [1.807, 2.05) is 30.5 Å². The molecule has 0 unspecified atom stereocenters. The van der Waals surface area contributed by atoms with Gasteiger partial charge in [-0.1, -0.05) is 11.6 Å². The standard InChI is InChI=1S/C14H19ClN4O2S.C2HF3O2/c1-14(2)9-17(4-5-19(14)22(3,20)21)12-6-11(15)8-18-10-16-7-13(12)18;3-2(4,5)1(6)7/h6-8,10H,4-5,9H2,1-3H3;(H,6,7). The maximum atomic E-state index is 11.9. The van der Waals surface area contributed by atoms with Crippen LogP contribution in [0.1, 0.15) is 13.8 Å². The van der Waals surface area contributed by atoms with E-state index in [-0.39, 0.29) is 0 Å². The molecule has 8 nitrogen and oxygen atoms in total. The third-order valence-electron chi connectivity index (χ3n) is 4.27. The molecule has 1 saturated heterocycles. The molecule has 1 aliphatic heterocycles. The lowest BCUT2D eigenvalue weighted by Crippen LogP contribution is -2.60. The summed E-state index contributed by atoms with van der Waals surface area (Å²) < 4.78 is 59.1. The van der Waals surface area contributed by atoms with Crippen LogP contribution in [-0.4, -0.2) is 70.8 Å². The first kappa shape index (κ1) is 23.2. The Morgan fingerprint density at radius 1 is 1.31 bits per heavy atom. The number of hydrogen-bond donors (Lipinski definition) is 1. The summed E-state index contributed by atoms with van der Waals surface area (Å²) in [4.78, 5) is 15.2. The third-order valence-corrected chi connectivity index (χ3v) is 5.96. The van der Waals surface area contributed by atoms with Gasteiger partial charge >= 0.3 is 12.1 Å². The van der Waals surface area contributed by atoms with Crippen LogP contribution in [0.5, 0.6) is 0 Å². The lowest BCUT2D eigenvalue weighted by molar-refractivity contribution is -0.192. The fourth-order valence-corrected chi connectivity index (χ4v) is 4.77. The molecule has 13 heteroatoms. The number of nitrogens with zero attached hydrogens (tertiary/aromatic N) is 4. The molecule has 1 N–H and O–H groups in total. The first-order chi connectivity index (χ1) is 13.1. The van der Waals surface area contributed by atoms with Gasteiger partial charge in [-0.2, -0.15) is 17.5 Å². The normalized spacial score (nSPS) is 17.7. The van der Waals surface area contributed by atoms with Crippen LogP contribution in [0.2, 0.25) is 5.02 Å². The number of carboxylic acid groups (broad SMARTS) is 1. The number of carbonyl (C=O) groups is 1. The van der Waals surface area contributed by atoms with Gasteiger partial charge in [-0.3, -0.25) is 0 Å². The first-order valence-corrected chi connectivity index (χ1v) is 10.5. The molecule has 3 rings (SSSR count). The first-order valence-electron chi connectivity index (χ1n) is 8.27. The fourth-order valence-electron chi connectivity index (χ4n) is 3.19. The molecule has 3 heterocycles. The topological polar surface area (TPSA) is 95.2 Å². The molecule has 0 saturated carbocycles. The summed E-state index contributed by atoms with van der Waals surface area (Å²) >= 11 is 6.19. The highest BCUT2D eigenvalue weighted by Crippen LogP contribution is 2.31. The Morgan fingerprint density at radius 2 is 1.90 bits per heavy atom. The van der Waals surface area contributed by atoms with Crippen molar-refractivity contribution in [1.82, 2.24) is 13.7 Å². The summed E-state index contributed by atoms with van der Waals surface area (Å²) in [6.45, 7) is 5.56. The molecule has 162 valence electrons. The number of hydrogen-bond acceptors (Lipinski definition) is 5. The number of pyridine rings is 1. The smallest absolute Gasteiger partial charge is 0.475 e. The van der Waals surface area contributed by atoms with Crippen LogP contribution < -0.4 is 4.90 Å². The van der Waals surface area contributed by atoms with Crippen molar-refractivity contribution in [2.75, 3.05) is 30.8 Å². The number of piperazine rings is 1. The molecule has 0 bridgehead atoms. The molecule has 0 spiro atoms. The summed E-state index contributed by atoms with van der Waals surface area (Å²) in [5, 5.41) is 7.75. The van der Waals surface area contributed by atoms with Gasteiger partial charge in [0, 0.05) is 31.4 Å². The number of fused-ring (bicyclic) bond motifs is 1. The Bertz CT molecular complexity index is 1010. The van der Waals surface area contributed by atoms with Gasteiger partial charge in [0.05, 0.1) is 35.0 Å². The maximum absolute atomic E-state index is 11.9. The number of halogens is 4. The fraction of sp³-hybridized carbons (Fsp3) is 0.500. The molecule has 2 aromatic rings. The number of alkyl halides is 3. The highest BCUT2D eigenvalue weighted by Gasteiger charge is 2.39. The number of anilines is 1. The molecule has 2 aromatic heterocycles.